The number of likely N-dealkylation sites (tertiary alicyclic amines) is 1. The van der Waals surface area contributed by atoms with Crippen molar-refractivity contribution in [2.75, 3.05) is 26.3 Å². The van der Waals surface area contributed by atoms with E-state index in [2.05, 4.69) is 0 Å². The van der Waals surface area contributed by atoms with Gasteiger partial charge in [-0.1, -0.05) is 6.07 Å². The minimum atomic E-state index is -4.54. The molecule has 0 radical (unpaired) electrons. The van der Waals surface area contributed by atoms with Gasteiger partial charge in [0.15, 0.2) is 0 Å². The van der Waals surface area contributed by atoms with Crippen LogP contribution in [0.4, 0.5) is 13.2 Å². The van der Waals surface area contributed by atoms with E-state index in [-0.39, 0.29) is 31.2 Å². The van der Waals surface area contributed by atoms with Crippen LogP contribution in [0.1, 0.15) is 22.3 Å². The zero-order valence-electron chi connectivity index (χ0n) is 12.7. The van der Waals surface area contributed by atoms with Gasteiger partial charge in [0.2, 0.25) is 0 Å². The number of ether oxygens (including phenoxy) is 1. The number of carbonyl (C=O) groups excluding carboxylic acids is 1. The van der Waals surface area contributed by atoms with Gasteiger partial charge in [-0.2, -0.15) is 13.2 Å². The summed E-state index contributed by atoms with van der Waals surface area (Å²) in [6, 6.07) is 4.18. The number of benzene rings is 1. The zero-order chi connectivity index (χ0) is 17.5. The van der Waals surface area contributed by atoms with E-state index in [9.17, 15) is 27.9 Å². The van der Waals surface area contributed by atoms with Crippen LogP contribution < -0.4 is 0 Å². The quantitative estimate of drug-likeness (QED) is 0.895. The molecule has 2 atom stereocenters. The van der Waals surface area contributed by atoms with Crippen molar-refractivity contribution in [1.29, 1.82) is 0 Å². The summed E-state index contributed by atoms with van der Waals surface area (Å²) in [5.74, 6) is -1.93. The molecule has 2 fully saturated rings. The van der Waals surface area contributed by atoms with Crippen LogP contribution in [-0.4, -0.2) is 48.2 Å². The van der Waals surface area contributed by atoms with Crippen LogP contribution in [0.3, 0.4) is 0 Å². The van der Waals surface area contributed by atoms with Crippen LogP contribution in [-0.2, 0) is 15.7 Å². The summed E-state index contributed by atoms with van der Waals surface area (Å²) in [7, 11) is 0. The average Bonchev–Trinajstić information content (AvgIpc) is 2.94. The van der Waals surface area contributed by atoms with Gasteiger partial charge in [0.05, 0.1) is 17.6 Å². The standard InChI is InChI=1S/C16H16F3NO4/c17-16(18,19)11-3-1-2-10(6-11)13(21)20-7-12-8-24-5-4-15(12,9-20)14(22)23/h1-3,6,12H,4-5,7-9H2,(H,22,23)/t12-,15+/m1/s1. The summed E-state index contributed by atoms with van der Waals surface area (Å²) in [6.07, 6.45) is -4.25. The van der Waals surface area contributed by atoms with Gasteiger partial charge in [-0.15, -0.1) is 0 Å². The van der Waals surface area contributed by atoms with E-state index < -0.39 is 29.0 Å². The lowest BCUT2D eigenvalue weighted by atomic mass is 9.74. The van der Waals surface area contributed by atoms with Crippen molar-refractivity contribution < 1.29 is 32.6 Å². The van der Waals surface area contributed by atoms with Crippen molar-refractivity contribution in [3.8, 4) is 0 Å². The number of nitrogens with zero attached hydrogens (tertiary/aromatic N) is 1. The van der Waals surface area contributed by atoms with Crippen LogP contribution in [0.2, 0.25) is 0 Å². The van der Waals surface area contributed by atoms with Crippen LogP contribution in [0.25, 0.3) is 0 Å². The molecule has 3 rings (SSSR count). The Morgan fingerprint density at radius 3 is 2.71 bits per heavy atom. The topological polar surface area (TPSA) is 66.8 Å². The molecule has 2 aliphatic rings. The number of rotatable bonds is 2. The van der Waals surface area contributed by atoms with E-state index in [1.165, 1.54) is 17.0 Å². The summed E-state index contributed by atoms with van der Waals surface area (Å²) in [4.78, 5) is 25.6. The van der Waals surface area contributed by atoms with E-state index >= 15 is 0 Å². The van der Waals surface area contributed by atoms with E-state index in [0.29, 0.717) is 13.0 Å². The first-order valence-corrected chi connectivity index (χ1v) is 7.52. The maximum absolute atomic E-state index is 12.8. The summed E-state index contributed by atoms with van der Waals surface area (Å²) in [5, 5.41) is 9.58. The van der Waals surface area contributed by atoms with E-state index in [1.807, 2.05) is 0 Å². The molecular weight excluding hydrogens is 327 g/mol. The van der Waals surface area contributed by atoms with Gasteiger partial charge in [0.1, 0.15) is 0 Å². The predicted octanol–water partition coefficient (Wildman–Crippen LogP) is 2.27. The molecule has 2 saturated heterocycles. The smallest absolute Gasteiger partial charge is 0.416 e. The number of carboxylic acid groups (broad SMARTS) is 1. The first-order valence-electron chi connectivity index (χ1n) is 7.52. The third-order valence-electron chi connectivity index (χ3n) is 4.86. The van der Waals surface area contributed by atoms with Gasteiger partial charge in [-0.05, 0) is 24.6 Å². The number of halogens is 3. The predicted molar refractivity (Wildman–Crippen MR) is 76.3 cm³/mol. The Hall–Kier alpha value is -2.09. The lowest BCUT2D eigenvalue weighted by molar-refractivity contribution is -0.157. The summed E-state index contributed by atoms with van der Waals surface area (Å²) < 4.78 is 43.7. The minimum Gasteiger partial charge on any atom is -0.481 e. The highest BCUT2D eigenvalue weighted by molar-refractivity contribution is 5.95. The number of hydrogen-bond donors (Lipinski definition) is 1. The highest BCUT2D eigenvalue weighted by Gasteiger charge is 2.55. The molecule has 0 bridgehead atoms. The van der Waals surface area contributed by atoms with Gasteiger partial charge >= 0.3 is 12.1 Å². The van der Waals surface area contributed by atoms with Crippen LogP contribution >= 0.6 is 0 Å². The number of fused-ring (bicyclic) bond motifs is 1. The average molecular weight is 343 g/mol. The third kappa shape index (κ3) is 2.75. The van der Waals surface area contributed by atoms with Crippen LogP contribution in [0.5, 0.6) is 0 Å². The normalized spacial score (nSPS) is 27.0. The Morgan fingerprint density at radius 2 is 2.08 bits per heavy atom. The fourth-order valence-corrected chi connectivity index (χ4v) is 3.47. The molecule has 1 aromatic rings. The summed E-state index contributed by atoms with van der Waals surface area (Å²) in [5.41, 5.74) is -2.07. The van der Waals surface area contributed by atoms with Crippen molar-refractivity contribution in [2.45, 2.75) is 12.6 Å². The highest BCUT2D eigenvalue weighted by atomic mass is 19.4. The van der Waals surface area contributed by atoms with Crippen molar-refractivity contribution in [2.24, 2.45) is 11.3 Å². The first kappa shape index (κ1) is 16.8. The number of aliphatic carboxylic acids is 1. The molecule has 0 spiro atoms. The van der Waals surface area contributed by atoms with Crippen molar-refractivity contribution in [3.05, 3.63) is 35.4 Å². The van der Waals surface area contributed by atoms with Crippen molar-refractivity contribution >= 4 is 11.9 Å². The zero-order valence-corrected chi connectivity index (χ0v) is 12.7. The number of carbonyl (C=O) groups is 2. The van der Waals surface area contributed by atoms with Gasteiger partial charge in [0, 0.05) is 31.2 Å². The Balaban J connectivity index is 1.85. The largest absolute Gasteiger partial charge is 0.481 e. The number of alkyl halides is 3. The molecule has 8 heteroatoms. The van der Waals surface area contributed by atoms with E-state index in [4.69, 9.17) is 4.74 Å². The summed E-state index contributed by atoms with van der Waals surface area (Å²) in [6.45, 7) is 0.694. The Morgan fingerprint density at radius 1 is 1.33 bits per heavy atom. The second-order valence-electron chi connectivity index (χ2n) is 6.25. The lowest BCUT2D eigenvalue weighted by Crippen LogP contribution is -2.45. The Kier molecular flexibility index (Phi) is 4.03. The number of amides is 1. The molecule has 1 N–H and O–H groups in total. The van der Waals surface area contributed by atoms with E-state index in [0.717, 1.165) is 12.1 Å². The van der Waals surface area contributed by atoms with Crippen molar-refractivity contribution in [3.63, 3.8) is 0 Å². The molecule has 0 saturated carbocycles. The lowest BCUT2D eigenvalue weighted by Gasteiger charge is -2.33. The molecule has 0 aromatic heterocycles. The second kappa shape index (κ2) is 5.77. The van der Waals surface area contributed by atoms with E-state index in [1.54, 1.807) is 0 Å². The van der Waals surface area contributed by atoms with Crippen molar-refractivity contribution in [1.82, 2.24) is 4.90 Å². The number of hydrogen-bond acceptors (Lipinski definition) is 3. The van der Waals surface area contributed by atoms with Crippen LogP contribution in [0, 0.1) is 11.3 Å². The minimum absolute atomic E-state index is 0.00849. The second-order valence-corrected chi connectivity index (χ2v) is 6.25. The molecule has 24 heavy (non-hydrogen) atoms. The molecule has 2 aliphatic heterocycles. The molecular formula is C16H16F3NO4. The molecule has 0 aliphatic carbocycles. The monoisotopic (exact) mass is 343 g/mol. The Labute approximate surface area is 136 Å². The molecule has 1 amide bonds. The SMILES string of the molecule is O=C(c1cccc(C(F)(F)F)c1)N1C[C@@H]2COCC[C@]2(C(=O)O)C1. The molecule has 2 heterocycles. The van der Waals surface area contributed by atoms with Gasteiger partial charge < -0.3 is 14.7 Å². The van der Waals surface area contributed by atoms with Gasteiger partial charge in [-0.3, -0.25) is 9.59 Å². The maximum Gasteiger partial charge on any atom is 0.416 e. The highest BCUT2D eigenvalue weighted by Crippen LogP contribution is 2.43. The fourth-order valence-electron chi connectivity index (χ4n) is 3.47. The first-order chi connectivity index (χ1) is 11.2. The molecule has 0 unspecified atom stereocenters. The maximum atomic E-state index is 12.8. The fraction of sp³-hybridized carbons (Fsp3) is 0.500. The van der Waals surface area contributed by atoms with Gasteiger partial charge in [-0.25, -0.2) is 0 Å². The van der Waals surface area contributed by atoms with Crippen LogP contribution in [0.15, 0.2) is 24.3 Å². The molecule has 5 nitrogen and oxygen atoms in total. The van der Waals surface area contributed by atoms with Gasteiger partial charge in [0.25, 0.3) is 5.91 Å². The number of carboxylic acids is 1. The Bertz CT molecular complexity index is 676. The molecule has 130 valence electrons. The third-order valence-corrected chi connectivity index (χ3v) is 4.86. The molecule has 1 aromatic carbocycles. The summed E-state index contributed by atoms with van der Waals surface area (Å²) >= 11 is 0.